The number of hydrogen-bond acceptors (Lipinski definition) is 5. The first-order valence-electron chi connectivity index (χ1n) is 11.3. The van der Waals surface area contributed by atoms with Crippen molar-refractivity contribution >= 4 is 50.3 Å². The molecule has 0 saturated heterocycles. The molecule has 5 rings (SSSR count). The summed E-state index contributed by atoms with van der Waals surface area (Å²) in [5, 5.41) is 7.91. The van der Waals surface area contributed by atoms with Crippen molar-refractivity contribution in [1.82, 2.24) is 15.2 Å². The van der Waals surface area contributed by atoms with Gasteiger partial charge in [-0.15, -0.1) is 22.7 Å². The van der Waals surface area contributed by atoms with Crippen LogP contribution in [0.5, 0.6) is 0 Å². The van der Waals surface area contributed by atoms with Crippen LogP contribution in [0.1, 0.15) is 40.9 Å². The van der Waals surface area contributed by atoms with E-state index in [9.17, 15) is 4.79 Å². The third-order valence-corrected chi connectivity index (χ3v) is 8.98. The Kier molecular flexibility index (Phi) is 6.79. The van der Waals surface area contributed by atoms with Gasteiger partial charge in [0.1, 0.15) is 9.88 Å². The number of amides is 1. The molecule has 1 aliphatic carbocycles. The van der Waals surface area contributed by atoms with Gasteiger partial charge >= 0.3 is 0 Å². The molecular weight excluding hydrogens is 470 g/mol. The Morgan fingerprint density at radius 3 is 2.70 bits per heavy atom. The van der Waals surface area contributed by atoms with Crippen molar-refractivity contribution < 1.29 is 4.79 Å². The lowest BCUT2D eigenvalue weighted by Gasteiger charge is -2.37. The molecule has 0 aliphatic heterocycles. The number of rotatable bonds is 6. The van der Waals surface area contributed by atoms with Crippen molar-refractivity contribution in [3.8, 4) is 10.6 Å². The van der Waals surface area contributed by atoms with Gasteiger partial charge in [-0.25, -0.2) is 4.98 Å². The van der Waals surface area contributed by atoms with Crippen LogP contribution in [0.15, 0.2) is 60.1 Å². The summed E-state index contributed by atoms with van der Waals surface area (Å²) in [6.45, 7) is 0.567. The predicted molar refractivity (Wildman–Crippen MR) is 139 cm³/mol. The van der Waals surface area contributed by atoms with Gasteiger partial charge in [-0.05, 0) is 50.4 Å². The smallest absolute Gasteiger partial charge is 0.266 e. The molecule has 33 heavy (non-hydrogen) atoms. The molecule has 7 heteroatoms. The molecular formula is C26H26ClN3OS2. The fraction of sp³-hybridized carbons (Fsp3) is 0.308. The van der Waals surface area contributed by atoms with Crippen LogP contribution in [-0.4, -0.2) is 34.9 Å². The highest BCUT2D eigenvalue weighted by Gasteiger charge is 2.31. The minimum absolute atomic E-state index is 0.0359. The zero-order valence-electron chi connectivity index (χ0n) is 18.5. The van der Waals surface area contributed by atoms with Crippen LogP contribution in [0.3, 0.4) is 0 Å². The molecule has 0 spiro atoms. The average molecular weight is 496 g/mol. The van der Waals surface area contributed by atoms with E-state index >= 15 is 0 Å². The van der Waals surface area contributed by atoms with Crippen LogP contribution in [-0.2, 0) is 6.54 Å². The molecule has 4 aromatic rings. The van der Waals surface area contributed by atoms with Gasteiger partial charge in [0.15, 0.2) is 0 Å². The molecule has 0 bridgehead atoms. The van der Waals surface area contributed by atoms with Crippen LogP contribution in [0, 0.1) is 0 Å². The van der Waals surface area contributed by atoms with Gasteiger partial charge in [0.2, 0.25) is 0 Å². The van der Waals surface area contributed by atoms with Crippen molar-refractivity contribution in [2.45, 2.75) is 44.3 Å². The summed E-state index contributed by atoms with van der Waals surface area (Å²) in [6, 6.07) is 17.1. The third-order valence-electron chi connectivity index (χ3n) is 6.49. The van der Waals surface area contributed by atoms with Crippen molar-refractivity contribution in [2.24, 2.45) is 0 Å². The first-order chi connectivity index (χ1) is 16.1. The van der Waals surface area contributed by atoms with Crippen LogP contribution >= 0.6 is 34.3 Å². The molecule has 0 unspecified atom stereocenters. The molecule has 0 atom stereocenters. The summed E-state index contributed by atoms with van der Waals surface area (Å²) in [5.41, 5.74) is 2.21. The van der Waals surface area contributed by atoms with Crippen molar-refractivity contribution in [3.05, 3.63) is 75.6 Å². The molecule has 4 nitrogen and oxygen atoms in total. The van der Waals surface area contributed by atoms with Crippen LogP contribution in [0.25, 0.3) is 20.7 Å². The maximum Gasteiger partial charge on any atom is 0.266 e. The largest absolute Gasteiger partial charge is 0.331 e. The standard InChI is InChI=1S/C26H26ClN3OS2/c1-28-19-9-11-20(12-10-19)30(16-17-5-4-6-18(15-17)25-29-13-14-32-25)26(31)24-23(27)21-7-2-3-8-22(21)33-24/h2-8,13-15,19-20,28H,9-12,16H2,1H3. The Hall–Kier alpha value is -2.25. The Morgan fingerprint density at radius 1 is 1.15 bits per heavy atom. The summed E-state index contributed by atoms with van der Waals surface area (Å²) in [7, 11) is 2.02. The van der Waals surface area contributed by atoms with Gasteiger partial charge in [-0.2, -0.15) is 0 Å². The number of carbonyl (C=O) groups is 1. The summed E-state index contributed by atoms with van der Waals surface area (Å²) < 4.78 is 1.05. The fourth-order valence-corrected chi connectivity index (χ4v) is 6.79. The van der Waals surface area contributed by atoms with Gasteiger partial charge in [0, 0.05) is 45.9 Å². The van der Waals surface area contributed by atoms with Crippen molar-refractivity contribution in [3.63, 3.8) is 0 Å². The predicted octanol–water partition coefficient (Wildman–Crippen LogP) is 6.85. The number of benzene rings is 2. The van der Waals surface area contributed by atoms with E-state index in [2.05, 4.69) is 39.5 Å². The molecule has 1 amide bonds. The number of thiazole rings is 1. The minimum Gasteiger partial charge on any atom is -0.331 e. The highest BCUT2D eigenvalue weighted by molar-refractivity contribution is 7.21. The van der Waals surface area contributed by atoms with E-state index in [0.29, 0.717) is 22.5 Å². The second kappa shape index (κ2) is 9.94. The number of hydrogen-bond donors (Lipinski definition) is 1. The Balaban J connectivity index is 1.47. The maximum absolute atomic E-state index is 13.9. The van der Waals surface area contributed by atoms with E-state index in [4.69, 9.17) is 11.6 Å². The molecule has 0 radical (unpaired) electrons. The molecule has 2 aromatic carbocycles. The van der Waals surface area contributed by atoms with Crippen LogP contribution < -0.4 is 5.32 Å². The maximum atomic E-state index is 13.9. The first kappa shape index (κ1) is 22.5. The number of nitrogens with zero attached hydrogens (tertiary/aromatic N) is 2. The van der Waals surface area contributed by atoms with Gasteiger partial charge in [0.05, 0.1) is 5.02 Å². The summed E-state index contributed by atoms with van der Waals surface area (Å²) in [5.74, 6) is 0.0359. The highest BCUT2D eigenvalue weighted by atomic mass is 35.5. The number of aromatic nitrogens is 1. The van der Waals surface area contributed by atoms with E-state index in [-0.39, 0.29) is 11.9 Å². The summed E-state index contributed by atoms with van der Waals surface area (Å²) in [6.07, 6.45) is 5.96. The second-order valence-electron chi connectivity index (χ2n) is 8.51. The van der Waals surface area contributed by atoms with E-state index in [0.717, 1.165) is 51.9 Å². The molecule has 2 heterocycles. The molecule has 1 N–H and O–H groups in total. The Bertz CT molecular complexity index is 1250. The van der Waals surface area contributed by atoms with Gasteiger partial charge in [0.25, 0.3) is 5.91 Å². The number of thiophene rings is 1. The molecule has 1 saturated carbocycles. The van der Waals surface area contributed by atoms with E-state index in [1.165, 1.54) is 11.3 Å². The normalized spacial score (nSPS) is 18.5. The topological polar surface area (TPSA) is 45.2 Å². The fourth-order valence-electron chi connectivity index (χ4n) is 4.69. The molecule has 1 aliphatic rings. The Morgan fingerprint density at radius 2 is 1.97 bits per heavy atom. The zero-order valence-corrected chi connectivity index (χ0v) is 20.8. The van der Waals surface area contributed by atoms with Gasteiger partial charge in [-0.3, -0.25) is 4.79 Å². The zero-order chi connectivity index (χ0) is 22.8. The lowest BCUT2D eigenvalue weighted by atomic mass is 9.89. The number of carbonyl (C=O) groups excluding carboxylic acids is 1. The highest BCUT2D eigenvalue weighted by Crippen LogP contribution is 2.37. The van der Waals surface area contributed by atoms with E-state index in [1.807, 2.05) is 42.9 Å². The van der Waals surface area contributed by atoms with Crippen molar-refractivity contribution in [1.29, 1.82) is 0 Å². The molecule has 1 fully saturated rings. The lowest BCUT2D eigenvalue weighted by molar-refractivity contribution is 0.0606. The van der Waals surface area contributed by atoms with E-state index < -0.39 is 0 Å². The number of halogens is 1. The SMILES string of the molecule is CNC1CCC(N(Cc2cccc(-c3nccs3)c2)C(=O)c2sc3ccccc3c2Cl)CC1. The van der Waals surface area contributed by atoms with Crippen molar-refractivity contribution in [2.75, 3.05) is 7.05 Å². The van der Waals surface area contributed by atoms with Crippen LogP contribution in [0.2, 0.25) is 5.02 Å². The van der Waals surface area contributed by atoms with Gasteiger partial charge in [-0.1, -0.05) is 48.0 Å². The Labute approximate surface area is 207 Å². The summed E-state index contributed by atoms with van der Waals surface area (Å²) >= 11 is 9.85. The van der Waals surface area contributed by atoms with Crippen LogP contribution in [0.4, 0.5) is 0 Å². The monoisotopic (exact) mass is 495 g/mol. The first-order valence-corrected chi connectivity index (χ1v) is 13.4. The quantitative estimate of drug-likeness (QED) is 0.318. The third kappa shape index (κ3) is 4.71. The molecule has 170 valence electrons. The lowest BCUT2D eigenvalue weighted by Crippen LogP contribution is -2.44. The number of nitrogens with one attached hydrogen (secondary N) is 1. The average Bonchev–Trinajstić information content (AvgIpc) is 3.51. The van der Waals surface area contributed by atoms with E-state index in [1.54, 1.807) is 11.3 Å². The number of fused-ring (bicyclic) bond motifs is 1. The van der Waals surface area contributed by atoms with Gasteiger partial charge < -0.3 is 10.2 Å². The summed E-state index contributed by atoms with van der Waals surface area (Å²) in [4.78, 5) is 21.1. The second-order valence-corrected chi connectivity index (χ2v) is 10.8. The minimum atomic E-state index is 0.0359. The molecule has 2 aromatic heterocycles.